The molecule has 1 amide bonds. The number of fused-ring (bicyclic) bond motifs is 5. The molecule has 1 fully saturated rings. The van der Waals surface area contributed by atoms with Crippen LogP contribution in [-0.4, -0.2) is 80.1 Å². The van der Waals surface area contributed by atoms with E-state index in [1.165, 1.54) is 0 Å². The molecule has 0 saturated carbocycles. The average molecular weight is 592 g/mol. The number of phenols is 2. The predicted octanol–water partition coefficient (Wildman–Crippen LogP) is 6.18. The monoisotopic (exact) mass is 591 g/mol. The highest BCUT2D eigenvalue weighted by Crippen LogP contribution is 2.57. The van der Waals surface area contributed by atoms with Crippen molar-refractivity contribution in [3.05, 3.63) is 58.8 Å². The number of nitrogens with zero attached hydrogens (tertiary/aromatic N) is 2. The van der Waals surface area contributed by atoms with Gasteiger partial charge in [0.2, 0.25) is 0 Å². The summed E-state index contributed by atoms with van der Waals surface area (Å²) in [6.45, 7) is 11.8. The van der Waals surface area contributed by atoms with Gasteiger partial charge in [-0.05, 0) is 83.7 Å². The second-order valence-corrected chi connectivity index (χ2v) is 14.0. The summed E-state index contributed by atoms with van der Waals surface area (Å²) in [5.74, 6) is -0.250. The Bertz CT molecular complexity index is 1470. The van der Waals surface area contributed by atoms with E-state index in [-0.39, 0.29) is 23.6 Å². The Morgan fingerprint density at radius 1 is 1.09 bits per heavy atom. The fourth-order valence-electron chi connectivity index (χ4n) is 7.49. The van der Waals surface area contributed by atoms with Crippen LogP contribution in [0.4, 0.5) is 4.79 Å². The van der Waals surface area contributed by atoms with Crippen molar-refractivity contribution in [3.8, 4) is 11.5 Å². The van der Waals surface area contributed by atoms with E-state index in [4.69, 9.17) is 4.74 Å². The molecule has 2 heterocycles. The zero-order chi connectivity index (χ0) is 31.2. The number of hydrogen-bond donors (Lipinski definition) is 4. The van der Waals surface area contributed by atoms with E-state index >= 15 is 0 Å². The summed E-state index contributed by atoms with van der Waals surface area (Å²) in [5.41, 5.74) is 2.56. The van der Waals surface area contributed by atoms with Crippen molar-refractivity contribution < 1.29 is 24.9 Å². The van der Waals surface area contributed by atoms with E-state index in [0.717, 1.165) is 66.4 Å². The quantitative estimate of drug-likeness (QED) is 0.166. The van der Waals surface area contributed by atoms with E-state index in [9.17, 15) is 20.1 Å². The Labute approximate surface area is 255 Å². The number of carbonyl (C=O) groups excluding carboxylic acids is 1. The van der Waals surface area contributed by atoms with Crippen molar-refractivity contribution in [3.63, 3.8) is 0 Å². The number of H-pyrrole nitrogens is 1. The van der Waals surface area contributed by atoms with Crippen LogP contribution in [0.25, 0.3) is 10.9 Å². The van der Waals surface area contributed by atoms with Gasteiger partial charge in [0.1, 0.15) is 5.60 Å². The van der Waals surface area contributed by atoms with Gasteiger partial charge in [0.15, 0.2) is 11.5 Å². The average Bonchev–Trinajstić information content (AvgIpc) is 3.27. The number of hydrogen-bond acceptors (Lipinski definition) is 6. The molecule has 8 nitrogen and oxygen atoms in total. The van der Waals surface area contributed by atoms with Crippen molar-refractivity contribution in [2.75, 3.05) is 26.7 Å². The molecule has 1 aliphatic carbocycles. The van der Waals surface area contributed by atoms with Crippen LogP contribution < -0.4 is 0 Å². The minimum atomic E-state index is -1.11. The van der Waals surface area contributed by atoms with Gasteiger partial charge in [-0.2, -0.15) is 0 Å². The third-order valence-corrected chi connectivity index (χ3v) is 9.86. The van der Waals surface area contributed by atoms with Gasteiger partial charge in [-0.25, -0.2) is 4.79 Å². The van der Waals surface area contributed by atoms with Crippen LogP contribution in [-0.2, 0) is 23.0 Å². The van der Waals surface area contributed by atoms with Crippen LogP contribution in [0.15, 0.2) is 36.4 Å². The largest absolute Gasteiger partial charge is 0.504 e. The van der Waals surface area contributed by atoms with Crippen LogP contribution in [0.1, 0.15) is 82.2 Å². The SMILES string of the molecule is Cc1c(CC23CN(CCCCCCCN(C)C(=O)OC(C)(C)C)C(Cc4ccc(O)c(O)c42)C3(C)O)[nH]c2ccccc12. The van der Waals surface area contributed by atoms with Crippen LogP contribution in [0.2, 0.25) is 0 Å². The van der Waals surface area contributed by atoms with Crippen LogP contribution in [0.5, 0.6) is 11.5 Å². The lowest BCUT2D eigenvalue weighted by Crippen LogP contribution is -2.57. The second-order valence-electron chi connectivity index (χ2n) is 14.0. The zero-order valence-corrected chi connectivity index (χ0v) is 26.7. The first-order valence-corrected chi connectivity index (χ1v) is 15.8. The number of aromatic hydroxyl groups is 2. The fourth-order valence-corrected chi connectivity index (χ4v) is 7.49. The van der Waals surface area contributed by atoms with Crippen molar-refractivity contribution >= 4 is 17.0 Å². The van der Waals surface area contributed by atoms with Crippen molar-refractivity contribution in [1.82, 2.24) is 14.8 Å². The number of para-hydroxylation sites is 1. The number of likely N-dealkylation sites (tertiary alicyclic amines) is 1. The van der Waals surface area contributed by atoms with E-state index < -0.39 is 16.6 Å². The van der Waals surface area contributed by atoms with E-state index in [1.54, 1.807) is 18.0 Å². The van der Waals surface area contributed by atoms with Crippen LogP contribution in [0, 0.1) is 6.92 Å². The number of aliphatic hydroxyl groups is 1. The maximum Gasteiger partial charge on any atom is 0.410 e. The van der Waals surface area contributed by atoms with Crippen LogP contribution in [0.3, 0.4) is 0 Å². The van der Waals surface area contributed by atoms with Gasteiger partial charge in [-0.1, -0.05) is 43.5 Å². The smallest absolute Gasteiger partial charge is 0.410 e. The molecule has 0 radical (unpaired) electrons. The summed E-state index contributed by atoms with van der Waals surface area (Å²) in [5, 5.41) is 35.3. The summed E-state index contributed by atoms with van der Waals surface area (Å²) in [4.78, 5) is 19.8. The van der Waals surface area contributed by atoms with Gasteiger partial charge >= 0.3 is 6.09 Å². The summed E-state index contributed by atoms with van der Waals surface area (Å²) in [6.07, 6.45) is 5.99. The molecular formula is C35H49N3O5. The molecule has 2 aliphatic rings. The van der Waals surface area contributed by atoms with Gasteiger partial charge in [0, 0.05) is 60.2 Å². The summed E-state index contributed by atoms with van der Waals surface area (Å²) >= 11 is 0. The zero-order valence-electron chi connectivity index (χ0n) is 26.7. The van der Waals surface area contributed by atoms with Gasteiger partial charge in [0.05, 0.1) is 5.60 Å². The number of benzene rings is 2. The third kappa shape index (κ3) is 5.84. The molecule has 0 spiro atoms. The molecule has 3 atom stereocenters. The van der Waals surface area contributed by atoms with Crippen molar-refractivity contribution in [2.24, 2.45) is 0 Å². The topological polar surface area (TPSA) is 109 Å². The van der Waals surface area contributed by atoms with Crippen molar-refractivity contribution in [2.45, 2.75) is 102 Å². The highest BCUT2D eigenvalue weighted by Gasteiger charge is 2.64. The second kappa shape index (κ2) is 11.7. The van der Waals surface area contributed by atoms with Gasteiger partial charge in [-0.3, -0.25) is 4.90 Å². The standard InChI is InChI=1S/C35H49N3O5/c1-23-25-14-10-11-15-26(25)36-27(23)21-35-22-38(19-13-9-7-8-12-18-37(6)32(41)43-33(2,3)4)29(34(35,5)42)20-24-16-17-28(39)31(40)30(24)35/h10-11,14-17,29,36,39-40,42H,7-9,12-13,18-22H2,1-6H3. The molecule has 4 N–H and O–H groups in total. The highest BCUT2D eigenvalue weighted by molar-refractivity contribution is 5.84. The van der Waals surface area contributed by atoms with Gasteiger partial charge in [-0.15, -0.1) is 0 Å². The summed E-state index contributed by atoms with van der Waals surface area (Å²) < 4.78 is 5.44. The lowest BCUT2D eigenvalue weighted by Gasteiger charge is -2.47. The Kier molecular flexibility index (Phi) is 8.49. The van der Waals surface area contributed by atoms with Crippen molar-refractivity contribution in [1.29, 1.82) is 0 Å². The van der Waals surface area contributed by atoms with E-state index in [2.05, 4.69) is 28.9 Å². The number of amides is 1. The molecule has 1 aliphatic heterocycles. The van der Waals surface area contributed by atoms with Gasteiger partial charge in [0.25, 0.3) is 0 Å². The molecule has 1 aromatic heterocycles. The Morgan fingerprint density at radius 2 is 1.79 bits per heavy atom. The molecular weight excluding hydrogens is 542 g/mol. The molecule has 43 heavy (non-hydrogen) atoms. The number of aromatic amines is 1. The number of rotatable bonds is 10. The molecule has 2 bridgehead atoms. The third-order valence-electron chi connectivity index (χ3n) is 9.86. The van der Waals surface area contributed by atoms with E-state index in [1.807, 2.05) is 45.9 Å². The number of unbranched alkanes of at least 4 members (excludes halogenated alkanes) is 4. The maximum atomic E-state index is 12.3. The Balaban J connectivity index is 1.27. The number of aromatic nitrogens is 1. The molecule has 234 valence electrons. The number of aryl methyl sites for hydroxylation is 1. The van der Waals surface area contributed by atoms with Gasteiger partial charge < -0.3 is 29.9 Å². The first-order valence-electron chi connectivity index (χ1n) is 15.8. The van der Waals surface area contributed by atoms with Crippen LogP contribution >= 0.6 is 0 Å². The molecule has 5 rings (SSSR count). The summed E-state index contributed by atoms with van der Waals surface area (Å²) in [6, 6.07) is 11.6. The first kappa shape index (κ1) is 31.2. The normalized spacial score (nSPS) is 23.5. The number of phenolic OH excluding ortho intramolecular Hbond substituents is 2. The minimum absolute atomic E-state index is 0.0869. The lowest BCUT2D eigenvalue weighted by molar-refractivity contribution is -0.0326. The number of nitrogens with one attached hydrogen (secondary N) is 1. The number of carbonyl (C=O) groups is 1. The minimum Gasteiger partial charge on any atom is -0.504 e. The first-order chi connectivity index (χ1) is 20.2. The molecule has 2 aromatic carbocycles. The lowest BCUT2D eigenvalue weighted by atomic mass is 9.59. The molecule has 1 saturated heterocycles. The highest BCUT2D eigenvalue weighted by atomic mass is 16.6. The molecule has 3 aromatic rings. The molecule has 8 heteroatoms. The Hall–Kier alpha value is -3.23. The summed E-state index contributed by atoms with van der Waals surface area (Å²) in [7, 11) is 1.79. The molecule has 3 unspecified atom stereocenters. The number of ether oxygens (including phenoxy) is 1. The van der Waals surface area contributed by atoms with E-state index in [0.29, 0.717) is 31.5 Å². The Morgan fingerprint density at radius 3 is 2.51 bits per heavy atom. The predicted molar refractivity (Wildman–Crippen MR) is 170 cm³/mol. The fraction of sp³-hybridized carbons (Fsp3) is 0.571. The maximum absolute atomic E-state index is 12.3.